The van der Waals surface area contributed by atoms with Crippen LogP contribution >= 0.6 is 0 Å². The molecular formula is C27H34F3N7O2. The Labute approximate surface area is 224 Å². The fourth-order valence-corrected chi connectivity index (χ4v) is 5.66. The van der Waals surface area contributed by atoms with Crippen molar-refractivity contribution in [1.82, 2.24) is 25.1 Å². The van der Waals surface area contributed by atoms with Crippen molar-refractivity contribution in [2.24, 2.45) is 0 Å². The number of aliphatic hydroxyl groups excluding tert-OH is 2. The van der Waals surface area contributed by atoms with Gasteiger partial charge in [-0.05, 0) is 68.7 Å². The fourth-order valence-electron chi connectivity index (χ4n) is 5.66. The highest BCUT2D eigenvalue weighted by atomic mass is 19.3. The molecule has 0 radical (unpaired) electrons. The largest absolute Gasteiger partial charge is 0.389 e. The first kappa shape index (κ1) is 27.4. The average molecular weight is 546 g/mol. The van der Waals surface area contributed by atoms with Crippen LogP contribution in [0.15, 0.2) is 24.4 Å². The second kappa shape index (κ2) is 10.7. The lowest BCUT2D eigenvalue weighted by Gasteiger charge is -2.35. The summed E-state index contributed by atoms with van der Waals surface area (Å²) in [6, 6.07) is 5.19. The van der Waals surface area contributed by atoms with E-state index in [9.17, 15) is 19.0 Å². The number of aliphatic hydroxyl groups is 2. The van der Waals surface area contributed by atoms with Crippen molar-refractivity contribution in [2.75, 3.05) is 23.7 Å². The van der Waals surface area contributed by atoms with E-state index in [1.165, 1.54) is 6.07 Å². The van der Waals surface area contributed by atoms with Crippen LogP contribution < -0.4 is 10.6 Å². The number of rotatable bonds is 7. The molecule has 0 spiro atoms. The molecule has 2 atom stereocenters. The number of hydrogen-bond acceptors (Lipinski definition) is 8. The molecule has 5 rings (SSSR count). The van der Waals surface area contributed by atoms with Crippen molar-refractivity contribution in [2.45, 2.75) is 76.5 Å². The first-order chi connectivity index (χ1) is 18.5. The molecule has 12 heteroatoms. The highest BCUT2D eigenvalue weighted by Gasteiger charge is 2.36. The fraction of sp³-hybridized carbons (Fsp3) is 0.519. The van der Waals surface area contributed by atoms with Crippen LogP contribution in [0.2, 0.25) is 0 Å². The molecule has 1 saturated heterocycles. The summed E-state index contributed by atoms with van der Waals surface area (Å²) in [5.41, 5.74) is 2.35. The van der Waals surface area contributed by atoms with Gasteiger partial charge in [-0.1, -0.05) is 0 Å². The van der Waals surface area contributed by atoms with Crippen molar-refractivity contribution in [3.8, 4) is 0 Å². The second-order valence-electron chi connectivity index (χ2n) is 10.8. The lowest BCUT2D eigenvalue weighted by atomic mass is 9.79. The van der Waals surface area contributed by atoms with Gasteiger partial charge in [-0.25, -0.2) is 18.2 Å². The van der Waals surface area contributed by atoms with Crippen LogP contribution in [0, 0.1) is 19.7 Å². The third-order valence-corrected chi connectivity index (χ3v) is 7.76. The number of alkyl halides is 2. The number of aryl methyl sites for hydroxylation is 2. The zero-order chi connectivity index (χ0) is 27.9. The third-order valence-electron chi connectivity index (χ3n) is 7.76. The number of halogens is 3. The van der Waals surface area contributed by atoms with Crippen LogP contribution in [0.3, 0.4) is 0 Å². The monoisotopic (exact) mass is 545 g/mol. The van der Waals surface area contributed by atoms with Gasteiger partial charge in [0, 0.05) is 44.0 Å². The Balaban J connectivity index is 1.30. The molecule has 210 valence electrons. The second-order valence-corrected chi connectivity index (χ2v) is 10.8. The lowest BCUT2D eigenvalue weighted by Crippen LogP contribution is -2.37. The molecule has 9 nitrogen and oxygen atoms in total. The highest BCUT2D eigenvalue weighted by molar-refractivity contribution is 5.62. The summed E-state index contributed by atoms with van der Waals surface area (Å²) in [5.74, 6) is -3.31. The van der Waals surface area contributed by atoms with E-state index in [2.05, 4.69) is 35.7 Å². The van der Waals surface area contributed by atoms with Crippen molar-refractivity contribution in [3.05, 3.63) is 52.6 Å². The molecule has 3 heterocycles. The van der Waals surface area contributed by atoms with Gasteiger partial charge in [-0.2, -0.15) is 10.1 Å². The Morgan fingerprint density at radius 1 is 1.03 bits per heavy atom. The Kier molecular flexibility index (Phi) is 7.53. The summed E-state index contributed by atoms with van der Waals surface area (Å²) >= 11 is 0. The zero-order valence-electron chi connectivity index (χ0n) is 22.2. The van der Waals surface area contributed by atoms with E-state index in [1.807, 2.05) is 6.92 Å². The molecule has 1 aromatic carbocycles. The number of hydrogen-bond donors (Lipinski definition) is 5. The van der Waals surface area contributed by atoms with E-state index in [4.69, 9.17) is 0 Å². The predicted octanol–water partition coefficient (Wildman–Crippen LogP) is 4.62. The maximum atomic E-state index is 15.3. The summed E-state index contributed by atoms with van der Waals surface area (Å²) in [5, 5.41) is 32.1. The van der Waals surface area contributed by atoms with Crippen LogP contribution in [0.4, 0.5) is 36.4 Å². The topological polar surface area (TPSA) is 122 Å². The SMILES string of the molecule is Cc1cc(Nc2nc(Nc3cc(C)c(C4CCC(N5C[C@@H](O)[C@H](O)C5)CC4)cc3F)ncc2C(C)(F)F)n[nH]1. The van der Waals surface area contributed by atoms with Crippen LogP contribution in [0.1, 0.15) is 60.9 Å². The van der Waals surface area contributed by atoms with Crippen molar-refractivity contribution in [1.29, 1.82) is 0 Å². The maximum absolute atomic E-state index is 15.3. The number of nitrogens with zero attached hydrogens (tertiary/aromatic N) is 4. The number of aromatic nitrogens is 4. The minimum atomic E-state index is -3.21. The normalized spacial score (nSPS) is 24.2. The van der Waals surface area contributed by atoms with E-state index in [-0.39, 0.29) is 23.4 Å². The van der Waals surface area contributed by atoms with Gasteiger partial charge >= 0.3 is 0 Å². The van der Waals surface area contributed by atoms with E-state index >= 15 is 4.39 Å². The Morgan fingerprint density at radius 3 is 2.33 bits per heavy atom. The first-order valence-corrected chi connectivity index (χ1v) is 13.2. The number of likely N-dealkylation sites (tertiary alicyclic amines) is 1. The minimum Gasteiger partial charge on any atom is -0.389 e. The molecule has 1 saturated carbocycles. The average Bonchev–Trinajstić information content (AvgIpc) is 3.44. The predicted molar refractivity (Wildman–Crippen MR) is 141 cm³/mol. The van der Waals surface area contributed by atoms with Gasteiger partial charge in [-0.3, -0.25) is 10.00 Å². The summed E-state index contributed by atoms with van der Waals surface area (Å²) in [6.07, 6.45) is 3.23. The van der Waals surface area contributed by atoms with E-state index in [1.54, 1.807) is 19.1 Å². The van der Waals surface area contributed by atoms with Gasteiger partial charge < -0.3 is 20.8 Å². The number of β-amino-alcohol motifs (C(OH)–C–C–N with tert-alkyl or cyclic N) is 2. The standard InChI is InChI=1S/C27H34F3N7O2/c1-14-8-21(20(28)10-18(14)16-4-6-17(7-5-16)37-12-22(38)23(39)13-37)32-26-31-11-19(27(3,29)30)25(34-26)33-24-9-15(2)35-36-24/h8-11,16-17,22-23,38-39H,4-7,12-13H2,1-3H3,(H3,31,32,33,34,35,36)/t16?,17?,22-,23-/m1/s1. The molecule has 39 heavy (non-hydrogen) atoms. The Hall–Kier alpha value is -3.22. The number of nitrogens with one attached hydrogen (secondary N) is 3. The summed E-state index contributed by atoms with van der Waals surface area (Å²) in [4.78, 5) is 10.4. The van der Waals surface area contributed by atoms with Crippen molar-refractivity contribution >= 4 is 23.3 Å². The Morgan fingerprint density at radius 2 is 1.72 bits per heavy atom. The van der Waals surface area contributed by atoms with Crippen LogP contribution in [0.5, 0.6) is 0 Å². The van der Waals surface area contributed by atoms with Gasteiger partial charge in [0.1, 0.15) is 11.6 Å². The molecule has 1 aliphatic heterocycles. The zero-order valence-corrected chi connectivity index (χ0v) is 22.2. The summed E-state index contributed by atoms with van der Waals surface area (Å²) in [6.45, 7) is 5.44. The highest BCUT2D eigenvalue weighted by Crippen LogP contribution is 2.39. The number of aromatic amines is 1. The van der Waals surface area contributed by atoms with Gasteiger partial charge in [-0.15, -0.1) is 0 Å². The van der Waals surface area contributed by atoms with Crippen LogP contribution in [0.25, 0.3) is 0 Å². The van der Waals surface area contributed by atoms with Crippen LogP contribution in [-0.2, 0) is 5.92 Å². The third kappa shape index (κ3) is 6.02. The molecule has 5 N–H and O–H groups in total. The molecule has 3 aromatic rings. The smallest absolute Gasteiger partial charge is 0.275 e. The quantitative estimate of drug-likeness (QED) is 0.292. The van der Waals surface area contributed by atoms with Gasteiger partial charge in [0.2, 0.25) is 5.95 Å². The van der Waals surface area contributed by atoms with Gasteiger partial charge in [0.25, 0.3) is 5.92 Å². The van der Waals surface area contributed by atoms with Crippen LogP contribution in [-0.4, -0.2) is 66.6 Å². The van der Waals surface area contributed by atoms with Gasteiger partial charge in [0.15, 0.2) is 5.82 Å². The number of benzene rings is 1. The summed E-state index contributed by atoms with van der Waals surface area (Å²) < 4.78 is 43.7. The lowest BCUT2D eigenvalue weighted by molar-refractivity contribution is 0.0176. The van der Waals surface area contributed by atoms with Gasteiger partial charge in [0.05, 0.1) is 23.5 Å². The number of H-pyrrole nitrogens is 1. The maximum Gasteiger partial charge on any atom is 0.275 e. The molecule has 2 aromatic heterocycles. The number of anilines is 4. The molecule has 1 aliphatic carbocycles. The van der Waals surface area contributed by atoms with E-state index in [0.717, 1.165) is 55.6 Å². The molecule has 0 amide bonds. The van der Waals surface area contributed by atoms with Crippen molar-refractivity contribution < 1.29 is 23.4 Å². The van der Waals surface area contributed by atoms with E-state index < -0.39 is 29.5 Å². The molecule has 0 unspecified atom stereocenters. The molecular weight excluding hydrogens is 511 g/mol. The molecule has 2 fully saturated rings. The Bertz CT molecular complexity index is 1310. The van der Waals surface area contributed by atoms with E-state index in [0.29, 0.717) is 24.9 Å². The first-order valence-electron chi connectivity index (χ1n) is 13.2. The molecule has 2 aliphatic rings. The van der Waals surface area contributed by atoms with Crippen molar-refractivity contribution in [3.63, 3.8) is 0 Å². The molecule has 0 bridgehead atoms. The summed E-state index contributed by atoms with van der Waals surface area (Å²) in [7, 11) is 0. The minimum absolute atomic E-state index is 0.0284.